The third-order valence-electron chi connectivity index (χ3n) is 3.80. The van der Waals surface area contributed by atoms with Gasteiger partial charge in [0.25, 0.3) is 0 Å². The summed E-state index contributed by atoms with van der Waals surface area (Å²) in [6.45, 7) is 2.99. The zero-order chi connectivity index (χ0) is 14.8. The van der Waals surface area contributed by atoms with Crippen molar-refractivity contribution in [2.24, 2.45) is 0 Å². The second-order valence-electron chi connectivity index (χ2n) is 5.76. The van der Waals surface area contributed by atoms with Crippen LogP contribution in [-0.4, -0.2) is 46.2 Å². The molecule has 1 heterocycles. The fraction of sp³-hybridized carbons (Fsp3) is 0.786. The Bertz CT molecular complexity index is 511. The zero-order valence-corrected chi connectivity index (χ0v) is 13.4. The summed E-state index contributed by atoms with van der Waals surface area (Å²) in [7, 11) is 1.63. The van der Waals surface area contributed by atoms with Gasteiger partial charge in [-0.25, -0.2) is 0 Å². The molecule has 2 fully saturated rings. The maximum Gasteiger partial charge on any atom is 0.233 e. The smallest absolute Gasteiger partial charge is 0.233 e. The normalized spacial score (nSPS) is 19.5. The number of methoxy groups -OCH3 is 1. The topological polar surface area (TPSA) is 69.0 Å². The monoisotopic (exact) mass is 310 g/mol. The number of amides is 1. The predicted molar refractivity (Wildman–Crippen MR) is 80.5 cm³/mol. The van der Waals surface area contributed by atoms with E-state index in [0.29, 0.717) is 25.1 Å². The van der Waals surface area contributed by atoms with E-state index in [1.807, 2.05) is 6.92 Å². The largest absolute Gasteiger partial charge is 0.383 e. The molecule has 0 radical (unpaired) electrons. The number of carbonyl (C=O) groups is 1. The van der Waals surface area contributed by atoms with Crippen molar-refractivity contribution in [2.45, 2.75) is 55.0 Å². The number of thioether (sulfide) groups is 1. The molecule has 1 aromatic heterocycles. The molecule has 6 nitrogen and oxygen atoms in total. The van der Waals surface area contributed by atoms with E-state index in [0.717, 1.165) is 11.0 Å². The number of hydrogen-bond acceptors (Lipinski definition) is 5. The Morgan fingerprint density at radius 1 is 1.43 bits per heavy atom. The molecule has 1 amide bonds. The summed E-state index contributed by atoms with van der Waals surface area (Å²) in [5.41, 5.74) is 0. The lowest BCUT2D eigenvalue weighted by atomic mass is 10.4. The molecule has 0 bridgehead atoms. The molecule has 0 saturated heterocycles. The van der Waals surface area contributed by atoms with Gasteiger partial charge in [0, 0.05) is 25.6 Å². The van der Waals surface area contributed by atoms with Crippen molar-refractivity contribution in [2.75, 3.05) is 20.3 Å². The van der Waals surface area contributed by atoms with Crippen molar-refractivity contribution in [3.8, 4) is 0 Å². The van der Waals surface area contributed by atoms with Crippen LogP contribution >= 0.6 is 11.8 Å². The highest BCUT2D eigenvalue weighted by molar-refractivity contribution is 8.00. The average Bonchev–Trinajstić information content (AvgIpc) is 3.38. The molecule has 1 aromatic rings. The summed E-state index contributed by atoms with van der Waals surface area (Å²) >= 11 is 1.51. The van der Waals surface area contributed by atoms with E-state index in [-0.39, 0.29) is 11.2 Å². The van der Waals surface area contributed by atoms with Gasteiger partial charge in [0.05, 0.1) is 11.9 Å². The average molecular weight is 310 g/mol. The van der Waals surface area contributed by atoms with E-state index in [1.165, 1.54) is 37.4 Å². The Morgan fingerprint density at radius 3 is 2.81 bits per heavy atom. The van der Waals surface area contributed by atoms with Crippen LogP contribution < -0.4 is 5.32 Å². The number of nitrogens with zero attached hydrogens (tertiary/aromatic N) is 3. The summed E-state index contributed by atoms with van der Waals surface area (Å²) in [5, 5.41) is 12.3. The van der Waals surface area contributed by atoms with Gasteiger partial charge in [-0.05, 0) is 32.6 Å². The molecule has 21 heavy (non-hydrogen) atoms. The first kappa shape index (κ1) is 14.8. The molecule has 7 heteroatoms. The van der Waals surface area contributed by atoms with E-state index in [1.54, 1.807) is 7.11 Å². The van der Waals surface area contributed by atoms with Gasteiger partial charge in [0.1, 0.15) is 5.82 Å². The second-order valence-corrected chi connectivity index (χ2v) is 7.07. The van der Waals surface area contributed by atoms with Crippen LogP contribution in [0, 0.1) is 0 Å². The number of rotatable bonds is 8. The molecule has 2 saturated carbocycles. The third-order valence-corrected chi connectivity index (χ3v) is 4.86. The van der Waals surface area contributed by atoms with Crippen LogP contribution in [0.1, 0.15) is 50.4 Å². The van der Waals surface area contributed by atoms with Crippen LogP contribution in [0.4, 0.5) is 0 Å². The number of carbonyl (C=O) groups excluding carboxylic acids is 1. The van der Waals surface area contributed by atoms with E-state index < -0.39 is 0 Å². The van der Waals surface area contributed by atoms with Gasteiger partial charge in [-0.15, -0.1) is 10.2 Å². The lowest BCUT2D eigenvalue weighted by Crippen LogP contribution is -2.33. The molecular formula is C14H22N4O2S. The molecule has 2 aliphatic rings. The van der Waals surface area contributed by atoms with Gasteiger partial charge in [-0.1, -0.05) is 11.8 Å². The van der Waals surface area contributed by atoms with Crippen LogP contribution in [0.3, 0.4) is 0 Å². The maximum atomic E-state index is 12.0. The lowest BCUT2D eigenvalue weighted by Gasteiger charge is -2.13. The first-order chi connectivity index (χ1) is 10.2. The molecular weight excluding hydrogens is 288 g/mol. The summed E-state index contributed by atoms with van der Waals surface area (Å²) in [5.74, 6) is 1.75. The van der Waals surface area contributed by atoms with Gasteiger partial charge in [0.15, 0.2) is 5.16 Å². The maximum absolute atomic E-state index is 12.0. The van der Waals surface area contributed by atoms with Crippen LogP contribution in [-0.2, 0) is 9.53 Å². The van der Waals surface area contributed by atoms with Crippen molar-refractivity contribution in [1.82, 2.24) is 20.1 Å². The molecule has 1 atom stereocenters. The zero-order valence-electron chi connectivity index (χ0n) is 12.5. The highest BCUT2D eigenvalue weighted by atomic mass is 32.2. The quantitative estimate of drug-likeness (QED) is 0.585. The van der Waals surface area contributed by atoms with Crippen LogP contribution in [0.15, 0.2) is 5.16 Å². The molecule has 0 aromatic carbocycles. The fourth-order valence-electron chi connectivity index (χ4n) is 2.30. The van der Waals surface area contributed by atoms with Crippen molar-refractivity contribution in [3.05, 3.63) is 5.82 Å². The molecule has 0 spiro atoms. The SMILES string of the molecule is COCCNC(=O)[C@@H](C)Sc1nnc(C2CC2)n1C1CC1. The Labute approximate surface area is 129 Å². The van der Waals surface area contributed by atoms with Crippen molar-refractivity contribution in [1.29, 1.82) is 0 Å². The molecule has 0 aliphatic heterocycles. The molecule has 0 unspecified atom stereocenters. The van der Waals surface area contributed by atoms with E-state index in [4.69, 9.17) is 4.74 Å². The number of nitrogens with one attached hydrogen (secondary N) is 1. The minimum absolute atomic E-state index is 0.0235. The highest BCUT2D eigenvalue weighted by Crippen LogP contribution is 2.46. The van der Waals surface area contributed by atoms with Crippen LogP contribution in [0.5, 0.6) is 0 Å². The Kier molecular flexibility index (Phi) is 4.49. The Balaban J connectivity index is 1.62. The van der Waals surface area contributed by atoms with Gasteiger partial charge >= 0.3 is 0 Å². The number of ether oxygens (including phenoxy) is 1. The van der Waals surface area contributed by atoms with Gasteiger partial charge in [0.2, 0.25) is 5.91 Å². The van der Waals surface area contributed by atoms with E-state index >= 15 is 0 Å². The number of aromatic nitrogens is 3. The van der Waals surface area contributed by atoms with E-state index in [9.17, 15) is 4.79 Å². The van der Waals surface area contributed by atoms with Gasteiger partial charge in [-0.3, -0.25) is 4.79 Å². The first-order valence-corrected chi connectivity index (χ1v) is 8.46. The standard InChI is InChI=1S/C14H22N4O2S/c1-9(13(19)15-7-8-20-2)21-14-17-16-12(10-3-4-10)18(14)11-5-6-11/h9-11H,3-8H2,1-2H3,(H,15,19)/t9-/m1/s1. The summed E-state index contributed by atoms with van der Waals surface area (Å²) in [6.07, 6.45) is 4.87. The Hall–Kier alpha value is -1.08. The summed E-state index contributed by atoms with van der Waals surface area (Å²) in [6, 6.07) is 0.557. The second kappa shape index (κ2) is 6.36. The minimum Gasteiger partial charge on any atom is -0.383 e. The molecule has 3 rings (SSSR count). The van der Waals surface area contributed by atoms with Crippen molar-refractivity contribution in [3.63, 3.8) is 0 Å². The molecule has 2 aliphatic carbocycles. The number of hydrogen-bond donors (Lipinski definition) is 1. The third kappa shape index (κ3) is 3.58. The predicted octanol–water partition coefficient (Wildman–Crippen LogP) is 1.73. The lowest BCUT2D eigenvalue weighted by molar-refractivity contribution is -0.120. The van der Waals surface area contributed by atoms with Gasteiger partial charge in [-0.2, -0.15) is 0 Å². The molecule has 1 N–H and O–H groups in total. The highest BCUT2D eigenvalue weighted by Gasteiger charge is 2.36. The first-order valence-electron chi connectivity index (χ1n) is 7.58. The molecule has 116 valence electrons. The van der Waals surface area contributed by atoms with Crippen LogP contribution in [0.25, 0.3) is 0 Å². The Morgan fingerprint density at radius 2 is 2.19 bits per heavy atom. The van der Waals surface area contributed by atoms with E-state index in [2.05, 4.69) is 20.1 Å². The minimum atomic E-state index is -0.171. The van der Waals surface area contributed by atoms with Crippen LogP contribution in [0.2, 0.25) is 0 Å². The summed E-state index contributed by atoms with van der Waals surface area (Å²) < 4.78 is 7.22. The van der Waals surface area contributed by atoms with Crippen molar-refractivity contribution < 1.29 is 9.53 Å². The van der Waals surface area contributed by atoms with Crippen molar-refractivity contribution >= 4 is 17.7 Å². The summed E-state index contributed by atoms with van der Waals surface area (Å²) in [4.78, 5) is 12.0. The van der Waals surface area contributed by atoms with Gasteiger partial charge < -0.3 is 14.6 Å². The fourth-order valence-corrected chi connectivity index (χ4v) is 3.25.